The predicted octanol–water partition coefficient (Wildman–Crippen LogP) is 5.48. The van der Waals surface area contributed by atoms with Gasteiger partial charge >= 0.3 is 5.97 Å². The van der Waals surface area contributed by atoms with Crippen LogP contribution >= 0.6 is 0 Å². The fourth-order valence-corrected chi connectivity index (χ4v) is 2.44. The number of fused-ring (bicyclic) bond motifs is 1. The molecule has 1 heterocycles. The highest BCUT2D eigenvalue weighted by Gasteiger charge is 2.13. The summed E-state index contributed by atoms with van der Waals surface area (Å²) in [5.41, 5.74) is 2.03. The molecule has 0 fully saturated rings. The molecule has 0 saturated carbocycles. The number of benzene rings is 2. The van der Waals surface area contributed by atoms with Gasteiger partial charge in [-0.1, -0.05) is 36.4 Å². The smallest absolute Gasteiger partial charge is 0.338 e. The van der Waals surface area contributed by atoms with Crippen molar-refractivity contribution in [3.63, 3.8) is 0 Å². The van der Waals surface area contributed by atoms with E-state index in [0.717, 1.165) is 10.9 Å². The first kappa shape index (κ1) is 16.7. The van der Waals surface area contributed by atoms with E-state index in [4.69, 9.17) is 9.15 Å². The third kappa shape index (κ3) is 4.04. The van der Waals surface area contributed by atoms with Crippen molar-refractivity contribution in [1.29, 1.82) is 0 Å². The maximum atomic E-state index is 12.9. The molecule has 0 aliphatic heterocycles. The highest BCUT2D eigenvalue weighted by molar-refractivity contribution is 6.03. The molecule has 1 aromatic heterocycles. The molecule has 0 unspecified atom stereocenters. The number of furan rings is 1. The summed E-state index contributed by atoms with van der Waals surface area (Å²) in [6.07, 6.45) is 7.33. The Labute approximate surface area is 145 Å². The monoisotopic (exact) mass is 336 g/mol. The van der Waals surface area contributed by atoms with E-state index in [1.807, 2.05) is 30.4 Å². The van der Waals surface area contributed by atoms with E-state index in [9.17, 15) is 9.18 Å². The Morgan fingerprint density at radius 3 is 2.64 bits per heavy atom. The summed E-state index contributed by atoms with van der Waals surface area (Å²) in [5, 5.41) is 0.725. The van der Waals surface area contributed by atoms with E-state index in [0.29, 0.717) is 23.5 Å². The zero-order chi connectivity index (χ0) is 17.6. The summed E-state index contributed by atoms with van der Waals surface area (Å²) in [6.45, 7) is 2.10. The van der Waals surface area contributed by atoms with Crippen LogP contribution in [0.1, 0.15) is 28.6 Å². The van der Waals surface area contributed by atoms with E-state index in [-0.39, 0.29) is 11.8 Å². The van der Waals surface area contributed by atoms with Gasteiger partial charge in [0.05, 0.1) is 12.2 Å². The lowest BCUT2D eigenvalue weighted by atomic mass is 10.1. The second-order valence-corrected chi connectivity index (χ2v) is 5.36. The highest BCUT2D eigenvalue weighted by atomic mass is 19.1. The summed E-state index contributed by atoms with van der Waals surface area (Å²) in [4.78, 5) is 12.0. The summed E-state index contributed by atoms with van der Waals surface area (Å²) in [6, 6.07) is 13.3. The molecule has 0 radical (unpaired) electrons. The van der Waals surface area contributed by atoms with Gasteiger partial charge in [0.15, 0.2) is 0 Å². The van der Waals surface area contributed by atoms with Crippen LogP contribution in [0.5, 0.6) is 0 Å². The molecule has 0 aliphatic carbocycles. The maximum Gasteiger partial charge on any atom is 0.338 e. The summed E-state index contributed by atoms with van der Waals surface area (Å²) >= 11 is 0. The molecule has 0 amide bonds. The molecule has 3 aromatic rings. The topological polar surface area (TPSA) is 39.4 Å². The first-order valence-electron chi connectivity index (χ1n) is 7.97. The molecule has 0 N–H and O–H groups in total. The molecule has 25 heavy (non-hydrogen) atoms. The Hall–Kier alpha value is -3.14. The molecular formula is C21H17FO3. The number of ether oxygens (including phenoxy) is 1. The minimum absolute atomic E-state index is 0.257. The number of hydrogen-bond donors (Lipinski definition) is 0. The largest absolute Gasteiger partial charge is 0.462 e. The maximum absolute atomic E-state index is 12.9. The van der Waals surface area contributed by atoms with E-state index < -0.39 is 0 Å². The molecule has 0 spiro atoms. The van der Waals surface area contributed by atoms with Crippen molar-refractivity contribution in [3.05, 3.63) is 83.4 Å². The van der Waals surface area contributed by atoms with Gasteiger partial charge in [-0.15, -0.1) is 0 Å². The average Bonchev–Trinajstić information content (AvgIpc) is 3.03. The lowest BCUT2D eigenvalue weighted by molar-refractivity contribution is 0.0528. The molecule has 2 aromatic carbocycles. The van der Waals surface area contributed by atoms with Crippen LogP contribution in [-0.2, 0) is 4.74 Å². The van der Waals surface area contributed by atoms with Crippen molar-refractivity contribution in [2.75, 3.05) is 6.61 Å². The van der Waals surface area contributed by atoms with Crippen molar-refractivity contribution < 1.29 is 18.3 Å². The molecule has 0 bridgehead atoms. The van der Waals surface area contributed by atoms with Crippen LogP contribution in [0.2, 0.25) is 0 Å². The number of esters is 1. The summed E-state index contributed by atoms with van der Waals surface area (Å²) < 4.78 is 23.6. The summed E-state index contributed by atoms with van der Waals surface area (Å²) in [7, 11) is 0. The van der Waals surface area contributed by atoms with Crippen molar-refractivity contribution in [2.45, 2.75) is 6.92 Å². The van der Waals surface area contributed by atoms with Crippen LogP contribution in [0, 0.1) is 5.82 Å². The number of carbonyl (C=O) groups excluding carboxylic acids is 1. The number of hydrogen-bond acceptors (Lipinski definition) is 3. The van der Waals surface area contributed by atoms with Gasteiger partial charge in [0.2, 0.25) is 0 Å². The Bertz CT molecular complexity index is 933. The predicted molar refractivity (Wildman–Crippen MR) is 96.6 cm³/mol. The molecular weight excluding hydrogens is 319 g/mol. The Morgan fingerprint density at radius 2 is 1.88 bits per heavy atom. The minimum atomic E-state index is -0.361. The molecule has 3 rings (SSSR count). The summed E-state index contributed by atoms with van der Waals surface area (Å²) in [5.74, 6) is 0.0171. The SMILES string of the molecule is CCOC(=O)c1cccc2oc(C=CC=Cc3ccc(F)cc3)cc12. The molecule has 4 heteroatoms. The van der Waals surface area contributed by atoms with Crippen LogP contribution in [0.3, 0.4) is 0 Å². The van der Waals surface area contributed by atoms with Gasteiger partial charge in [-0.3, -0.25) is 0 Å². The number of halogens is 1. The molecule has 0 atom stereocenters. The van der Waals surface area contributed by atoms with E-state index in [1.54, 1.807) is 37.3 Å². The zero-order valence-electron chi connectivity index (χ0n) is 13.7. The third-order valence-corrected chi connectivity index (χ3v) is 3.61. The lowest BCUT2D eigenvalue weighted by Gasteiger charge is -2.01. The van der Waals surface area contributed by atoms with Crippen LogP contribution < -0.4 is 0 Å². The first-order chi connectivity index (χ1) is 12.2. The molecule has 3 nitrogen and oxygen atoms in total. The van der Waals surface area contributed by atoms with Crippen LogP contribution in [0.25, 0.3) is 23.1 Å². The number of rotatable bonds is 5. The highest BCUT2D eigenvalue weighted by Crippen LogP contribution is 2.24. The van der Waals surface area contributed by atoms with Gasteiger partial charge in [-0.05, 0) is 48.9 Å². The van der Waals surface area contributed by atoms with Crippen LogP contribution in [0.15, 0.2) is 65.1 Å². The Kier molecular flexibility index (Phi) is 5.09. The van der Waals surface area contributed by atoms with Gasteiger partial charge in [-0.25, -0.2) is 9.18 Å². The van der Waals surface area contributed by atoms with Gasteiger partial charge in [0, 0.05) is 5.39 Å². The second kappa shape index (κ2) is 7.62. The van der Waals surface area contributed by atoms with Crippen LogP contribution in [-0.4, -0.2) is 12.6 Å². The fraction of sp³-hybridized carbons (Fsp3) is 0.0952. The zero-order valence-corrected chi connectivity index (χ0v) is 13.7. The number of carbonyl (C=O) groups is 1. The van der Waals surface area contributed by atoms with E-state index in [2.05, 4.69) is 0 Å². The van der Waals surface area contributed by atoms with Crippen molar-refractivity contribution in [2.24, 2.45) is 0 Å². The van der Waals surface area contributed by atoms with E-state index in [1.165, 1.54) is 12.1 Å². The van der Waals surface area contributed by atoms with Crippen molar-refractivity contribution >= 4 is 29.1 Å². The number of allylic oxidation sites excluding steroid dienone is 2. The average molecular weight is 336 g/mol. The fourth-order valence-electron chi connectivity index (χ4n) is 2.44. The lowest BCUT2D eigenvalue weighted by Crippen LogP contribution is -2.04. The van der Waals surface area contributed by atoms with Gasteiger partial charge < -0.3 is 9.15 Å². The van der Waals surface area contributed by atoms with Gasteiger partial charge in [0.25, 0.3) is 0 Å². The van der Waals surface area contributed by atoms with Crippen molar-refractivity contribution in [1.82, 2.24) is 0 Å². The van der Waals surface area contributed by atoms with E-state index >= 15 is 0 Å². The Morgan fingerprint density at radius 1 is 1.12 bits per heavy atom. The van der Waals surface area contributed by atoms with Crippen LogP contribution in [0.4, 0.5) is 4.39 Å². The normalized spacial score (nSPS) is 11.6. The van der Waals surface area contributed by atoms with Gasteiger partial charge in [-0.2, -0.15) is 0 Å². The second-order valence-electron chi connectivity index (χ2n) is 5.36. The Balaban J connectivity index is 1.78. The standard InChI is InChI=1S/C21H17FO3/c1-2-24-21(23)18-8-5-9-20-19(18)14-17(25-20)7-4-3-6-15-10-12-16(22)13-11-15/h3-14H,2H2,1H3. The third-order valence-electron chi connectivity index (χ3n) is 3.61. The molecule has 0 aliphatic rings. The minimum Gasteiger partial charge on any atom is -0.462 e. The molecule has 126 valence electrons. The van der Waals surface area contributed by atoms with Crippen molar-refractivity contribution in [3.8, 4) is 0 Å². The quantitative estimate of drug-likeness (QED) is 0.458. The van der Waals surface area contributed by atoms with Gasteiger partial charge in [0.1, 0.15) is 17.2 Å². The first-order valence-corrected chi connectivity index (χ1v) is 7.97. The molecule has 0 saturated heterocycles.